The highest BCUT2D eigenvalue weighted by molar-refractivity contribution is 7.47. The fraction of sp³-hybridized carbons (Fsp3) is 0.615. The molecule has 0 fully saturated rings. The van der Waals surface area contributed by atoms with Gasteiger partial charge in [-0.1, -0.05) is 318 Å². The van der Waals surface area contributed by atoms with Crippen LogP contribution in [-0.2, 0) is 55.8 Å². The van der Waals surface area contributed by atoms with E-state index in [1.165, 1.54) is 38.5 Å². The van der Waals surface area contributed by atoms with Crippen LogP contribution in [0.15, 0.2) is 194 Å². The van der Waals surface area contributed by atoms with Crippen LogP contribution in [0.2, 0.25) is 0 Å². The van der Waals surface area contributed by atoms with E-state index in [0.717, 1.165) is 205 Å². The van der Waals surface area contributed by atoms with Crippen molar-refractivity contribution in [2.45, 2.75) is 322 Å². The summed E-state index contributed by atoms with van der Waals surface area (Å²) in [5.74, 6) is -1.63. The van der Waals surface area contributed by atoms with Crippen molar-refractivity contribution in [3.63, 3.8) is 0 Å². The average Bonchev–Trinajstić information content (AvgIpc) is 0.919. The second-order valence-electron chi connectivity index (χ2n) is 27.1. The Morgan fingerprint density at radius 1 is 0.257 bits per heavy atom. The summed E-state index contributed by atoms with van der Waals surface area (Å²) in [7, 11) is -9.83. The number of hydrogen-bond donors (Lipinski definition) is 4. The minimum atomic E-state index is -4.96. The van der Waals surface area contributed by atoms with Gasteiger partial charge in [-0.2, -0.15) is 0 Å². The molecule has 0 amide bonds. The van der Waals surface area contributed by atoms with Crippen LogP contribution in [-0.4, -0.2) is 95.9 Å². The van der Waals surface area contributed by atoms with Crippen molar-refractivity contribution in [2.75, 3.05) is 39.6 Å². The predicted molar refractivity (Wildman–Crippen MR) is 454 cm³/mol. The first-order chi connectivity index (χ1) is 53.2. The first kappa shape index (κ1) is 103. The van der Waals surface area contributed by atoms with Crippen molar-refractivity contribution in [1.82, 2.24) is 0 Å². The second-order valence-corrected chi connectivity index (χ2v) is 30.0. The van der Waals surface area contributed by atoms with E-state index in [1.807, 2.05) is 0 Å². The summed E-state index contributed by atoms with van der Waals surface area (Å²) in [6, 6.07) is 0. The van der Waals surface area contributed by atoms with Gasteiger partial charge in [0.15, 0.2) is 6.10 Å². The maximum Gasteiger partial charge on any atom is 0.472 e. The molecule has 4 N–H and O–H groups in total. The van der Waals surface area contributed by atoms with Crippen LogP contribution >= 0.6 is 15.6 Å². The third kappa shape index (κ3) is 83.2. The fourth-order valence-electron chi connectivity index (χ4n) is 10.6. The molecule has 0 spiro atoms. The van der Waals surface area contributed by atoms with E-state index < -0.39 is 91.5 Å². The number of phosphoric acid groups is 2. The van der Waals surface area contributed by atoms with Crippen LogP contribution in [0.4, 0.5) is 0 Å². The number of esters is 3. The molecule has 0 aromatic heterocycles. The highest BCUT2D eigenvalue weighted by atomic mass is 31.2. The Morgan fingerprint density at radius 2 is 0.459 bits per heavy atom. The highest BCUT2D eigenvalue weighted by Gasteiger charge is 2.29. The number of aliphatic hydroxyl groups is 2. The number of hydrogen-bond acceptors (Lipinski definition) is 14. The van der Waals surface area contributed by atoms with E-state index in [4.69, 9.17) is 32.3 Å². The van der Waals surface area contributed by atoms with Gasteiger partial charge in [0.2, 0.25) is 0 Å². The van der Waals surface area contributed by atoms with Crippen molar-refractivity contribution < 1.29 is 75.8 Å². The lowest BCUT2D eigenvalue weighted by Crippen LogP contribution is -2.30. The number of carbonyl (C=O) groups excluding carboxylic acids is 3. The van der Waals surface area contributed by atoms with E-state index in [0.29, 0.717) is 19.3 Å². The molecule has 0 bridgehead atoms. The first-order valence-corrected chi connectivity index (χ1v) is 44.7. The molecule has 109 heavy (non-hydrogen) atoms. The minimum absolute atomic E-state index is 0.0772. The number of allylic oxidation sites excluding steroid dienone is 32. The molecule has 0 radical (unpaired) electrons. The van der Waals surface area contributed by atoms with E-state index in [-0.39, 0.29) is 19.3 Å². The molecule has 0 rings (SSSR count). The molecule has 0 saturated heterocycles. The summed E-state index contributed by atoms with van der Waals surface area (Å²) in [5.41, 5.74) is 0. The molecule has 0 aromatic carbocycles. The van der Waals surface area contributed by atoms with Gasteiger partial charge in [-0.3, -0.25) is 32.5 Å². The van der Waals surface area contributed by atoms with Gasteiger partial charge in [0.25, 0.3) is 0 Å². The lowest BCUT2D eigenvalue weighted by Gasteiger charge is -2.21. The molecule has 5 unspecified atom stereocenters. The smallest absolute Gasteiger partial charge is 0.463 e. The topological polar surface area (TPSA) is 231 Å². The Balaban J connectivity index is 4.72. The predicted octanol–water partition coefficient (Wildman–Crippen LogP) is 25.1. The first-order valence-electron chi connectivity index (χ1n) is 41.7. The Bertz CT molecular complexity index is 2760. The van der Waals surface area contributed by atoms with Gasteiger partial charge >= 0.3 is 33.6 Å². The molecule has 0 aliphatic heterocycles. The number of phosphoric ester groups is 2. The summed E-state index contributed by atoms with van der Waals surface area (Å²) in [4.78, 5) is 58.9. The van der Waals surface area contributed by atoms with E-state index in [2.05, 4.69) is 215 Å². The molecule has 0 aliphatic rings. The van der Waals surface area contributed by atoms with Crippen LogP contribution in [0.5, 0.6) is 0 Å². The Kier molecular flexibility index (Phi) is 77.7. The largest absolute Gasteiger partial charge is 0.472 e. The summed E-state index contributed by atoms with van der Waals surface area (Å²) in [6.45, 7) is 2.29. The van der Waals surface area contributed by atoms with Crippen LogP contribution < -0.4 is 0 Å². The summed E-state index contributed by atoms with van der Waals surface area (Å²) in [6.07, 6.45) is 107. The third-order valence-electron chi connectivity index (χ3n) is 16.8. The highest BCUT2D eigenvalue weighted by Crippen LogP contribution is 2.45. The van der Waals surface area contributed by atoms with Crippen molar-refractivity contribution >= 4 is 33.6 Å². The van der Waals surface area contributed by atoms with E-state index in [1.54, 1.807) is 0 Å². The second kappa shape index (κ2) is 81.9. The molecular weight excluding hydrogens is 1410 g/mol. The zero-order valence-electron chi connectivity index (χ0n) is 67.6. The van der Waals surface area contributed by atoms with Gasteiger partial charge in [0.1, 0.15) is 25.4 Å². The quantitative estimate of drug-likeness (QED) is 0.0146. The molecule has 0 aliphatic carbocycles. The van der Waals surface area contributed by atoms with Crippen molar-refractivity contribution in [3.8, 4) is 0 Å². The number of carbonyl (C=O) groups is 3. The number of ether oxygens (including phenoxy) is 3. The van der Waals surface area contributed by atoms with Gasteiger partial charge < -0.3 is 34.2 Å². The lowest BCUT2D eigenvalue weighted by atomic mass is 10.0. The molecule has 0 aromatic rings. The zero-order chi connectivity index (χ0) is 79.4. The van der Waals surface area contributed by atoms with E-state index >= 15 is 0 Å². The van der Waals surface area contributed by atoms with Crippen molar-refractivity contribution in [2.24, 2.45) is 0 Å². The van der Waals surface area contributed by atoms with Crippen LogP contribution in [0.1, 0.15) is 303 Å². The SMILES string of the molecule is CC/C=C\C/C=C\C/C=C\C/C=C\C/C=C\C/C=C\CCCCCCC(=O)OCC(COP(=O)(O)OCC(O)COP(=O)(O)OCC(O)COC(=O)CCCCCCCCCCCCC/C=C\C/C=C\C/C=C\C/C=C\C/C=C\CC)OC(=O)CCCCCCCCC/C=C\C/C=C\C/C=C\C/C=C\C/C=C\CC. The van der Waals surface area contributed by atoms with Crippen LogP contribution in [0.3, 0.4) is 0 Å². The average molecular weight is 1560 g/mol. The Morgan fingerprint density at radius 3 is 0.725 bits per heavy atom. The van der Waals surface area contributed by atoms with Gasteiger partial charge in [-0.05, 0) is 161 Å². The summed E-state index contributed by atoms with van der Waals surface area (Å²) >= 11 is 0. The summed E-state index contributed by atoms with van der Waals surface area (Å²) < 4.78 is 61.3. The zero-order valence-corrected chi connectivity index (χ0v) is 69.4. The third-order valence-corrected chi connectivity index (χ3v) is 18.7. The minimum Gasteiger partial charge on any atom is -0.463 e. The summed E-state index contributed by atoms with van der Waals surface area (Å²) in [5, 5.41) is 20.7. The van der Waals surface area contributed by atoms with Gasteiger partial charge in [0.05, 0.1) is 26.4 Å². The molecule has 618 valence electrons. The monoisotopic (exact) mass is 1560 g/mol. The standard InChI is InChI=1S/C91H148O16P2/c1-4-7-10-13-16-19-22-25-28-31-34-37-40-41-42-43-46-48-50-53-56-59-62-65-68-71-74-77-89(94)101-80-86(92)81-103-108(97,98)104-82-87(93)83-105-109(99,100)106-85-88(107-91(96)79-76-73-70-67-64-61-58-55-52-49-45-39-36-33-30-27-24-21-18-15-12-9-6-3)84-102-90(95)78-75-72-69-66-63-60-57-54-51-47-44-38-35-32-29-26-23-20-17-14-11-8-5-2/h7-12,16-21,25-30,34-39,41-42,47,49,51-52,57,60,86-88,92-93H,4-6,13-15,22-24,31-33,40,43-46,48,50,53-56,58-59,61-85H2,1-3H3,(H,97,98)(H,99,100)/b10-7-,11-8-,12-9-,19-16-,20-17-,21-18-,28-25-,29-26-,30-27-,37-34-,38-35-,39-36-,42-41-,51-47-,52-49-,60-57-. The molecule has 16 nitrogen and oxygen atoms in total. The van der Waals surface area contributed by atoms with Gasteiger partial charge in [0, 0.05) is 19.3 Å². The molecular formula is C91H148O16P2. The van der Waals surface area contributed by atoms with Crippen molar-refractivity contribution in [1.29, 1.82) is 0 Å². The molecule has 0 saturated carbocycles. The van der Waals surface area contributed by atoms with Gasteiger partial charge in [-0.15, -0.1) is 0 Å². The molecule has 18 heteroatoms. The normalized spacial score (nSPS) is 14.9. The molecule has 0 heterocycles. The number of rotatable bonds is 77. The van der Waals surface area contributed by atoms with Crippen molar-refractivity contribution in [3.05, 3.63) is 194 Å². The van der Waals surface area contributed by atoms with Crippen LogP contribution in [0, 0.1) is 0 Å². The fourth-order valence-corrected chi connectivity index (χ4v) is 12.2. The number of unbranched alkanes of at least 4 members (excludes halogenated alkanes) is 22. The Labute approximate surface area is 661 Å². The molecule has 5 atom stereocenters. The lowest BCUT2D eigenvalue weighted by molar-refractivity contribution is -0.161. The van der Waals surface area contributed by atoms with Gasteiger partial charge in [-0.25, -0.2) is 9.13 Å². The van der Waals surface area contributed by atoms with E-state index in [9.17, 15) is 43.5 Å². The number of aliphatic hydroxyl groups excluding tert-OH is 2. The maximum atomic E-state index is 13.0. The maximum absolute atomic E-state index is 13.0. The Hall–Kier alpha value is -5.61. The van der Waals surface area contributed by atoms with Crippen LogP contribution in [0.25, 0.3) is 0 Å².